The highest BCUT2D eigenvalue weighted by molar-refractivity contribution is 4.70. The van der Waals surface area contributed by atoms with Crippen molar-refractivity contribution in [2.24, 2.45) is 0 Å². The fourth-order valence-electron chi connectivity index (χ4n) is 0.696. The van der Waals surface area contributed by atoms with Crippen LogP contribution in [0.5, 0.6) is 0 Å². The molecule has 0 fully saturated rings. The number of hydrogen-bond donors (Lipinski definition) is 2. The van der Waals surface area contributed by atoms with E-state index in [-0.39, 0.29) is 6.42 Å². The van der Waals surface area contributed by atoms with Gasteiger partial charge in [-0.3, -0.25) is 0 Å². The van der Waals surface area contributed by atoms with E-state index in [0.29, 0.717) is 6.42 Å². The standard InChI is InChI=1S/C7H12F2O2/c1-2-3-4-6(10)5-7(8,9)11/h2,6,10-11H,1,3-5H2/t6-/m1/s1. The zero-order valence-corrected chi connectivity index (χ0v) is 6.13. The van der Waals surface area contributed by atoms with E-state index in [2.05, 4.69) is 6.58 Å². The van der Waals surface area contributed by atoms with Crippen molar-refractivity contribution in [3.05, 3.63) is 12.7 Å². The molecule has 0 aliphatic heterocycles. The maximum atomic E-state index is 11.8. The van der Waals surface area contributed by atoms with Crippen molar-refractivity contribution in [1.29, 1.82) is 0 Å². The molecule has 0 aromatic rings. The first-order valence-electron chi connectivity index (χ1n) is 3.35. The third-order valence-electron chi connectivity index (χ3n) is 1.19. The van der Waals surface area contributed by atoms with E-state index in [0.717, 1.165) is 0 Å². The van der Waals surface area contributed by atoms with Gasteiger partial charge in [0.2, 0.25) is 0 Å². The quantitative estimate of drug-likeness (QED) is 0.604. The summed E-state index contributed by atoms with van der Waals surface area (Å²) in [7, 11) is 0. The highest BCUT2D eigenvalue weighted by atomic mass is 19.3. The van der Waals surface area contributed by atoms with Crippen LogP contribution in [-0.2, 0) is 0 Å². The Hall–Kier alpha value is -0.480. The average Bonchev–Trinajstić information content (AvgIpc) is 1.79. The molecule has 11 heavy (non-hydrogen) atoms. The van der Waals surface area contributed by atoms with Gasteiger partial charge in [0.05, 0.1) is 12.5 Å². The number of allylic oxidation sites excluding steroid dienone is 1. The Kier molecular flexibility index (Phi) is 4.22. The molecule has 0 unspecified atom stereocenters. The van der Waals surface area contributed by atoms with Crippen LogP contribution in [0.25, 0.3) is 0 Å². The van der Waals surface area contributed by atoms with Crippen LogP contribution in [0.2, 0.25) is 0 Å². The van der Waals surface area contributed by atoms with E-state index >= 15 is 0 Å². The molecule has 0 aromatic heterocycles. The fourth-order valence-corrected chi connectivity index (χ4v) is 0.696. The SMILES string of the molecule is C=CCC[C@@H](O)CC(O)(F)F. The molecule has 1 atom stereocenters. The highest BCUT2D eigenvalue weighted by Crippen LogP contribution is 2.18. The van der Waals surface area contributed by atoms with Gasteiger partial charge in [-0.15, -0.1) is 6.58 Å². The van der Waals surface area contributed by atoms with Crippen molar-refractivity contribution in [3.63, 3.8) is 0 Å². The molecule has 2 N–H and O–H groups in total. The lowest BCUT2D eigenvalue weighted by Gasteiger charge is -2.13. The number of alkyl halides is 2. The lowest BCUT2D eigenvalue weighted by molar-refractivity contribution is -0.216. The molecular weight excluding hydrogens is 154 g/mol. The number of rotatable bonds is 5. The Morgan fingerprint density at radius 2 is 2.09 bits per heavy atom. The molecule has 0 saturated heterocycles. The Morgan fingerprint density at radius 1 is 1.55 bits per heavy atom. The number of hydrogen-bond acceptors (Lipinski definition) is 2. The molecule has 0 amide bonds. The van der Waals surface area contributed by atoms with Gasteiger partial charge in [-0.1, -0.05) is 6.08 Å². The minimum atomic E-state index is -3.76. The summed E-state index contributed by atoms with van der Waals surface area (Å²) < 4.78 is 23.5. The zero-order valence-electron chi connectivity index (χ0n) is 6.13. The molecule has 2 nitrogen and oxygen atoms in total. The first-order chi connectivity index (χ1) is 4.95. The van der Waals surface area contributed by atoms with E-state index in [1.807, 2.05) is 0 Å². The Balaban J connectivity index is 3.51. The topological polar surface area (TPSA) is 40.5 Å². The van der Waals surface area contributed by atoms with Crippen molar-refractivity contribution in [3.8, 4) is 0 Å². The largest absolute Gasteiger partial charge is 0.393 e. The van der Waals surface area contributed by atoms with Gasteiger partial charge in [-0.05, 0) is 12.8 Å². The minimum absolute atomic E-state index is 0.208. The van der Waals surface area contributed by atoms with Gasteiger partial charge >= 0.3 is 6.11 Å². The molecule has 0 heterocycles. The predicted molar refractivity (Wildman–Crippen MR) is 37.2 cm³/mol. The van der Waals surface area contributed by atoms with Crippen molar-refractivity contribution < 1.29 is 19.0 Å². The van der Waals surface area contributed by atoms with Crippen molar-refractivity contribution in [2.45, 2.75) is 31.5 Å². The molecule has 0 saturated carbocycles. The van der Waals surface area contributed by atoms with E-state index < -0.39 is 18.6 Å². The van der Waals surface area contributed by atoms with Crippen LogP contribution < -0.4 is 0 Å². The monoisotopic (exact) mass is 166 g/mol. The molecule has 0 aliphatic rings. The molecule has 0 bridgehead atoms. The van der Waals surface area contributed by atoms with Gasteiger partial charge in [0.1, 0.15) is 0 Å². The summed E-state index contributed by atoms with van der Waals surface area (Å²) in [6, 6.07) is 0. The lowest BCUT2D eigenvalue weighted by atomic mass is 10.1. The molecule has 0 aromatic carbocycles. The molecule has 0 spiro atoms. The van der Waals surface area contributed by atoms with Crippen LogP contribution in [0, 0.1) is 0 Å². The molecule has 0 rings (SSSR count). The Morgan fingerprint density at radius 3 is 2.45 bits per heavy atom. The summed E-state index contributed by atoms with van der Waals surface area (Å²) in [6.45, 7) is 3.37. The second kappa shape index (κ2) is 4.41. The fraction of sp³-hybridized carbons (Fsp3) is 0.714. The van der Waals surface area contributed by atoms with Gasteiger partial charge in [0, 0.05) is 0 Å². The normalized spacial score (nSPS) is 14.5. The number of aliphatic hydroxyl groups is 2. The summed E-state index contributed by atoms with van der Waals surface area (Å²) in [4.78, 5) is 0. The van der Waals surface area contributed by atoms with Crippen LogP contribution in [-0.4, -0.2) is 22.4 Å². The van der Waals surface area contributed by atoms with Crippen LogP contribution >= 0.6 is 0 Å². The van der Waals surface area contributed by atoms with Gasteiger partial charge < -0.3 is 10.2 Å². The maximum Gasteiger partial charge on any atom is 0.355 e. The lowest BCUT2D eigenvalue weighted by Crippen LogP contribution is -2.23. The zero-order chi connectivity index (χ0) is 8.91. The van der Waals surface area contributed by atoms with Gasteiger partial charge in [-0.25, -0.2) is 0 Å². The Labute approximate surface area is 64.2 Å². The van der Waals surface area contributed by atoms with Gasteiger partial charge in [0.15, 0.2) is 0 Å². The second-order valence-electron chi connectivity index (χ2n) is 2.39. The molecule has 66 valence electrons. The molecular formula is C7H12F2O2. The third-order valence-corrected chi connectivity index (χ3v) is 1.19. The van der Waals surface area contributed by atoms with Crippen LogP contribution in [0.3, 0.4) is 0 Å². The van der Waals surface area contributed by atoms with Crippen LogP contribution in [0.4, 0.5) is 8.78 Å². The minimum Gasteiger partial charge on any atom is -0.393 e. The average molecular weight is 166 g/mol. The van der Waals surface area contributed by atoms with Crippen LogP contribution in [0.1, 0.15) is 19.3 Å². The van der Waals surface area contributed by atoms with Crippen LogP contribution in [0.15, 0.2) is 12.7 Å². The molecule has 0 radical (unpaired) electrons. The van der Waals surface area contributed by atoms with E-state index in [9.17, 15) is 8.78 Å². The summed E-state index contributed by atoms with van der Waals surface area (Å²) >= 11 is 0. The van der Waals surface area contributed by atoms with Crippen molar-refractivity contribution >= 4 is 0 Å². The first-order valence-corrected chi connectivity index (χ1v) is 3.35. The van der Waals surface area contributed by atoms with E-state index in [1.54, 1.807) is 0 Å². The first kappa shape index (κ1) is 10.5. The number of halogens is 2. The smallest absolute Gasteiger partial charge is 0.355 e. The molecule has 0 aliphatic carbocycles. The second-order valence-corrected chi connectivity index (χ2v) is 2.39. The van der Waals surface area contributed by atoms with E-state index in [4.69, 9.17) is 10.2 Å². The van der Waals surface area contributed by atoms with Crippen molar-refractivity contribution in [1.82, 2.24) is 0 Å². The molecule has 4 heteroatoms. The summed E-state index contributed by atoms with van der Waals surface area (Å²) in [5, 5.41) is 16.8. The van der Waals surface area contributed by atoms with Crippen molar-refractivity contribution in [2.75, 3.05) is 0 Å². The van der Waals surface area contributed by atoms with Gasteiger partial charge in [0.25, 0.3) is 0 Å². The van der Waals surface area contributed by atoms with E-state index in [1.165, 1.54) is 6.08 Å². The highest BCUT2D eigenvalue weighted by Gasteiger charge is 2.27. The predicted octanol–water partition coefficient (Wildman–Crippen LogP) is 1.29. The summed E-state index contributed by atoms with van der Waals surface area (Å²) in [5.41, 5.74) is 0. The Bertz CT molecular complexity index is 120. The summed E-state index contributed by atoms with van der Waals surface area (Å²) in [5.74, 6) is 0. The maximum absolute atomic E-state index is 11.8. The van der Waals surface area contributed by atoms with Gasteiger partial charge in [-0.2, -0.15) is 8.78 Å². The third kappa shape index (κ3) is 7.42. The summed E-state index contributed by atoms with van der Waals surface area (Å²) in [6.07, 6.45) is -3.62. The number of aliphatic hydroxyl groups excluding tert-OH is 1.